The molecule has 0 spiro atoms. The molecule has 0 radical (unpaired) electrons. The topological polar surface area (TPSA) is 16.3 Å². The second-order valence-electron chi connectivity index (χ2n) is 18.3. The normalized spacial score (nSPS) is 11.6. The van der Waals surface area contributed by atoms with E-state index in [9.17, 15) is 0 Å². The molecule has 0 aliphatic heterocycles. The fourth-order valence-electron chi connectivity index (χ4n) is 10.7. The SMILES string of the molecule is Cc1ccc(-n2c3ccccc3c3cc(N(c4ccccc4)c4ccc(-c5cccc6c(N(c7ccccc7)c7ccc8c(c7)c7ccccc7n8-c7ccc(C)cc7)cccc56)cc4)ccc32)cc1. The lowest BCUT2D eigenvalue weighted by Gasteiger charge is -2.27. The van der Waals surface area contributed by atoms with Crippen LogP contribution in [0.5, 0.6) is 0 Å². The highest BCUT2D eigenvalue weighted by molar-refractivity contribution is 6.13. The molecular formula is C66H48N4. The van der Waals surface area contributed by atoms with Gasteiger partial charge in [-0.1, -0.05) is 151 Å². The fourth-order valence-corrected chi connectivity index (χ4v) is 10.7. The van der Waals surface area contributed by atoms with E-state index in [-0.39, 0.29) is 0 Å². The molecule has 0 fully saturated rings. The number of aryl methyl sites for hydroxylation is 2. The zero-order valence-electron chi connectivity index (χ0n) is 39.0. The standard InChI is InChI=1S/C66H48N4/c1-45-27-33-51(34-28-45)69-63-24-11-9-19-58(63)60-43-53(39-41-65(60)69)67(48-15-5-3-6-16-48)50-37-31-47(32-38-50)55-21-13-23-57-56(55)22-14-26-62(57)68(49-17-7-4-8-18-49)54-40-42-66-61(44-54)59-20-10-12-25-64(59)70(66)52-35-29-46(2)30-36-52/h3-44H,1-2H3. The minimum absolute atomic E-state index is 1.09. The van der Waals surface area contributed by atoms with Crippen molar-refractivity contribution in [3.8, 4) is 22.5 Å². The molecule has 0 amide bonds. The molecule has 0 aliphatic rings. The molecule has 2 heterocycles. The van der Waals surface area contributed by atoms with Crippen molar-refractivity contribution in [3.63, 3.8) is 0 Å². The van der Waals surface area contributed by atoms with Crippen LogP contribution in [-0.4, -0.2) is 9.13 Å². The van der Waals surface area contributed by atoms with Gasteiger partial charge in [-0.3, -0.25) is 0 Å². The van der Waals surface area contributed by atoms with Crippen LogP contribution in [0.25, 0.3) is 76.9 Å². The van der Waals surface area contributed by atoms with Crippen LogP contribution in [0.4, 0.5) is 34.1 Å². The van der Waals surface area contributed by atoms with Crippen molar-refractivity contribution in [1.82, 2.24) is 9.13 Å². The molecule has 11 aromatic carbocycles. The van der Waals surface area contributed by atoms with E-state index in [0.29, 0.717) is 0 Å². The summed E-state index contributed by atoms with van der Waals surface area (Å²) in [5, 5.41) is 7.27. The number of aromatic nitrogens is 2. The van der Waals surface area contributed by atoms with Crippen molar-refractivity contribution in [2.24, 2.45) is 0 Å². The van der Waals surface area contributed by atoms with Gasteiger partial charge < -0.3 is 18.9 Å². The van der Waals surface area contributed by atoms with Crippen LogP contribution in [0.2, 0.25) is 0 Å². The lowest BCUT2D eigenvalue weighted by molar-refractivity contribution is 1.17. The van der Waals surface area contributed by atoms with Gasteiger partial charge in [0, 0.05) is 66.7 Å². The Morgan fingerprint density at radius 2 is 0.686 bits per heavy atom. The number of fused-ring (bicyclic) bond motifs is 7. The molecule has 2 aromatic heterocycles. The first-order valence-corrected chi connectivity index (χ1v) is 24.1. The zero-order chi connectivity index (χ0) is 46.7. The van der Waals surface area contributed by atoms with Gasteiger partial charge in [-0.15, -0.1) is 0 Å². The third-order valence-corrected chi connectivity index (χ3v) is 14.0. The summed E-state index contributed by atoms with van der Waals surface area (Å²) in [5.41, 5.74) is 18.6. The van der Waals surface area contributed by atoms with E-state index in [1.165, 1.54) is 71.1 Å². The van der Waals surface area contributed by atoms with Crippen LogP contribution in [0.15, 0.2) is 255 Å². The molecule has 4 nitrogen and oxygen atoms in total. The lowest BCUT2D eigenvalue weighted by atomic mass is 9.96. The van der Waals surface area contributed by atoms with E-state index in [1.54, 1.807) is 0 Å². The molecule has 332 valence electrons. The van der Waals surface area contributed by atoms with Crippen LogP contribution in [0.1, 0.15) is 11.1 Å². The molecule has 13 aromatic rings. The van der Waals surface area contributed by atoms with Crippen LogP contribution in [-0.2, 0) is 0 Å². The molecule has 0 N–H and O–H groups in total. The maximum absolute atomic E-state index is 2.42. The molecule has 0 saturated heterocycles. The zero-order valence-corrected chi connectivity index (χ0v) is 39.0. The second-order valence-corrected chi connectivity index (χ2v) is 18.3. The van der Waals surface area contributed by atoms with Gasteiger partial charge in [0.05, 0.1) is 27.8 Å². The summed E-state index contributed by atoms with van der Waals surface area (Å²) in [6.07, 6.45) is 0. The van der Waals surface area contributed by atoms with Crippen LogP contribution >= 0.6 is 0 Å². The van der Waals surface area contributed by atoms with Gasteiger partial charge >= 0.3 is 0 Å². The van der Waals surface area contributed by atoms with E-state index < -0.39 is 0 Å². The Hall–Kier alpha value is -9.12. The first-order chi connectivity index (χ1) is 34.6. The predicted octanol–water partition coefficient (Wildman–Crippen LogP) is 18.3. The molecule has 0 atom stereocenters. The van der Waals surface area contributed by atoms with E-state index in [0.717, 1.165) is 51.1 Å². The Balaban J connectivity index is 0.911. The Bertz CT molecular complexity index is 4050. The maximum atomic E-state index is 2.42. The number of para-hydroxylation sites is 4. The molecule has 70 heavy (non-hydrogen) atoms. The van der Waals surface area contributed by atoms with Gasteiger partial charge in [0.25, 0.3) is 0 Å². The summed E-state index contributed by atoms with van der Waals surface area (Å²) in [6.45, 7) is 4.28. The molecule has 0 bridgehead atoms. The van der Waals surface area contributed by atoms with Crippen LogP contribution < -0.4 is 9.80 Å². The summed E-state index contributed by atoms with van der Waals surface area (Å²) in [4.78, 5) is 4.79. The Kier molecular flexibility index (Phi) is 9.91. The van der Waals surface area contributed by atoms with Gasteiger partial charge in [-0.25, -0.2) is 0 Å². The van der Waals surface area contributed by atoms with Gasteiger partial charge in [0.1, 0.15) is 0 Å². The minimum Gasteiger partial charge on any atom is -0.310 e. The van der Waals surface area contributed by atoms with Crippen molar-refractivity contribution < 1.29 is 0 Å². The number of rotatable bonds is 9. The summed E-state index contributed by atoms with van der Waals surface area (Å²) < 4.78 is 4.77. The highest BCUT2D eigenvalue weighted by Gasteiger charge is 2.21. The van der Waals surface area contributed by atoms with Crippen molar-refractivity contribution in [2.45, 2.75) is 13.8 Å². The predicted molar refractivity (Wildman–Crippen MR) is 297 cm³/mol. The number of hydrogen-bond donors (Lipinski definition) is 0. The maximum Gasteiger partial charge on any atom is 0.0542 e. The summed E-state index contributed by atoms with van der Waals surface area (Å²) in [7, 11) is 0. The first kappa shape index (κ1) is 41.1. The van der Waals surface area contributed by atoms with E-state index in [1.807, 2.05) is 0 Å². The summed E-state index contributed by atoms with van der Waals surface area (Å²) in [5.74, 6) is 0. The molecule has 4 heteroatoms. The lowest BCUT2D eigenvalue weighted by Crippen LogP contribution is -2.10. The average Bonchev–Trinajstić information content (AvgIpc) is 3.92. The molecule has 0 saturated carbocycles. The molecule has 0 unspecified atom stereocenters. The van der Waals surface area contributed by atoms with Gasteiger partial charge in [0.15, 0.2) is 0 Å². The number of anilines is 6. The van der Waals surface area contributed by atoms with E-state index in [4.69, 9.17) is 0 Å². The van der Waals surface area contributed by atoms with Gasteiger partial charge in [0.2, 0.25) is 0 Å². The second kappa shape index (κ2) is 16.9. The van der Waals surface area contributed by atoms with E-state index in [2.05, 4.69) is 288 Å². The first-order valence-electron chi connectivity index (χ1n) is 24.1. The van der Waals surface area contributed by atoms with Crippen LogP contribution in [0.3, 0.4) is 0 Å². The summed E-state index contributed by atoms with van der Waals surface area (Å²) in [6, 6.07) is 93.0. The van der Waals surface area contributed by atoms with Crippen molar-refractivity contribution in [2.75, 3.05) is 9.80 Å². The highest BCUT2D eigenvalue weighted by atomic mass is 15.2. The number of benzene rings is 11. The Labute approximate surface area is 407 Å². The van der Waals surface area contributed by atoms with Gasteiger partial charge in [-0.2, -0.15) is 0 Å². The van der Waals surface area contributed by atoms with Crippen LogP contribution in [0, 0.1) is 13.8 Å². The quantitative estimate of drug-likeness (QED) is 0.144. The molecule has 0 aliphatic carbocycles. The largest absolute Gasteiger partial charge is 0.310 e. The third kappa shape index (κ3) is 6.92. The minimum atomic E-state index is 1.09. The van der Waals surface area contributed by atoms with Crippen molar-refractivity contribution in [3.05, 3.63) is 266 Å². The smallest absolute Gasteiger partial charge is 0.0542 e. The van der Waals surface area contributed by atoms with Crippen molar-refractivity contribution in [1.29, 1.82) is 0 Å². The monoisotopic (exact) mass is 896 g/mol. The third-order valence-electron chi connectivity index (χ3n) is 14.0. The van der Waals surface area contributed by atoms with Gasteiger partial charge in [-0.05, 0) is 146 Å². The molecular weight excluding hydrogens is 849 g/mol. The fraction of sp³-hybridized carbons (Fsp3) is 0.0303. The highest BCUT2D eigenvalue weighted by Crippen LogP contribution is 2.45. The molecule has 13 rings (SSSR count). The Morgan fingerprint density at radius 3 is 1.24 bits per heavy atom. The summed E-state index contributed by atoms with van der Waals surface area (Å²) >= 11 is 0. The van der Waals surface area contributed by atoms with E-state index >= 15 is 0 Å². The Morgan fingerprint density at radius 1 is 0.271 bits per heavy atom. The van der Waals surface area contributed by atoms with Crippen molar-refractivity contribution >= 4 is 88.5 Å². The average molecular weight is 897 g/mol. The number of nitrogens with zero attached hydrogens (tertiary/aromatic N) is 4. The number of hydrogen-bond acceptors (Lipinski definition) is 2.